The minimum absolute atomic E-state index is 0.0117. The molecule has 0 aliphatic carbocycles. The second kappa shape index (κ2) is 7.20. The zero-order valence-corrected chi connectivity index (χ0v) is 16.0. The van der Waals surface area contributed by atoms with Gasteiger partial charge in [-0.15, -0.1) is 0 Å². The molecule has 0 saturated heterocycles. The Labute approximate surface area is 153 Å². The van der Waals surface area contributed by atoms with Gasteiger partial charge >= 0.3 is 0 Å². The summed E-state index contributed by atoms with van der Waals surface area (Å²) in [6.45, 7) is 1.83. The highest BCUT2D eigenvalue weighted by Gasteiger charge is 2.30. The normalized spacial score (nSPS) is 12.1. The lowest BCUT2D eigenvalue weighted by molar-refractivity contribution is 0.482. The maximum Gasteiger partial charge on any atom is 0.294 e. The summed E-state index contributed by atoms with van der Waals surface area (Å²) >= 11 is 0. The van der Waals surface area contributed by atoms with Gasteiger partial charge in [0.2, 0.25) is 0 Å². The van der Waals surface area contributed by atoms with Crippen molar-refractivity contribution in [2.24, 2.45) is 0 Å². The first-order chi connectivity index (χ1) is 12.3. The molecule has 0 aliphatic rings. The molecule has 3 aromatic rings. The fourth-order valence-corrected chi connectivity index (χ4v) is 6.51. The van der Waals surface area contributed by atoms with Crippen molar-refractivity contribution in [1.82, 2.24) is 0 Å². The summed E-state index contributed by atoms with van der Waals surface area (Å²) in [5.74, 6) is 0. The minimum Gasteiger partial charge on any atom is -0.313 e. The van der Waals surface area contributed by atoms with E-state index in [0.717, 1.165) is 5.56 Å². The van der Waals surface area contributed by atoms with Gasteiger partial charge < -0.3 is 4.57 Å². The average molecular weight is 386 g/mol. The maximum atomic E-state index is 14.1. The van der Waals surface area contributed by atoms with E-state index in [1.807, 2.05) is 43.3 Å². The average Bonchev–Trinajstić information content (AvgIpc) is 2.62. The summed E-state index contributed by atoms with van der Waals surface area (Å²) in [6, 6.07) is 22.7. The molecular formula is C20H19O4PS. The van der Waals surface area contributed by atoms with Gasteiger partial charge in [-0.3, -0.25) is 4.55 Å². The molecule has 0 aliphatic heterocycles. The monoisotopic (exact) mass is 386 g/mol. The molecule has 0 amide bonds. The second-order valence-corrected chi connectivity index (χ2v) is 10.4. The molecule has 0 unspecified atom stereocenters. The zero-order valence-electron chi connectivity index (χ0n) is 14.2. The molecule has 6 heteroatoms. The van der Waals surface area contributed by atoms with Crippen molar-refractivity contribution in [3.05, 3.63) is 90.0 Å². The fourth-order valence-electron chi connectivity index (χ4n) is 2.99. The maximum absolute atomic E-state index is 14.1. The van der Waals surface area contributed by atoms with E-state index < -0.39 is 17.3 Å². The van der Waals surface area contributed by atoms with Crippen molar-refractivity contribution in [1.29, 1.82) is 0 Å². The van der Waals surface area contributed by atoms with E-state index in [4.69, 9.17) is 0 Å². The fraction of sp³-hybridized carbons (Fsp3) is 0.100. The molecule has 4 nitrogen and oxygen atoms in total. The molecule has 0 atom stereocenters. The molecule has 1 N–H and O–H groups in total. The molecule has 26 heavy (non-hydrogen) atoms. The van der Waals surface area contributed by atoms with Crippen molar-refractivity contribution in [3.63, 3.8) is 0 Å². The van der Waals surface area contributed by atoms with Crippen LogP contribution in [0.1, 0.15) is 11.1 Å². The summed E-state index contributed by atoms with van der Waals surface area (Å²) in [5.41, 5.74) is 1.18. The second-order valence-electron chi connectivity index (χ2n) is 6.16. The Bertz CT molecular complexity index is 1020. The van der Waals surface area contributed by atoms with E-state index in [2.05, 4.69) is 0 Å². The number of hydrogen-bond acceptors (Lipinski definition) is 3. The van der Waals surface area contributed by atoms with Crippen molar-refractivity contribution in [2.75, 3.05) is 0 Å². The van der Waals surface area contributed by atoms with Crippen LogP contribution in [0.5, 0.6) is 0 Å². The van der Waals surface area contributed by atoms with Crippen LogP contribution in [-0.4, -0.2) is 13.0 Å². The molecule has 0 fully saturated rings. The van der Waals surface area contributed by atoms with Crippen molar-refractivity contribution in [3.8, 4) is 0 Å². The third kappa shape index (κ3) is 3.80. The molecule has 0 spiro atoms. The Morgan fingerprint density at radius 2 is 1.35 bits per heavy atom. The lowest BCUT2D eigenvalue weighted by Crippen LogP contribution is -2.18. The molecule has 134 valence electrons. The summed E-state index contributed by atoms with van der Waals surface area (Å²) in [5, 5.41) is 1.29. The predicted molar refractivity (Wildman–Crippen MR) is 104 cm³/mol. The summed E-state index contributed by atoms with van der Waals surface area (Å²) in [4.78, 5) is -0.199. The van der Waals surface area contributed by atoms with Crippen LogP contribution in [0.3, 0.4) is 0 Å². The van der Waals surface area contributed by atoms with Crippen LogP contribution >= 0.6 is 7.14 Å². The summed E-state index contributed by atoms with van der Waals surface area (Å²) < 4.78 is 47.3. The first-order valence-electron chi connectivity index (χ1n) is 8.08. The molecule has 0 aromatic heterocycles. The molecule has 3 aromatic carbocycles. The highest BCUT2D eigenvalue weighted by Crippen LogP contribution is 2.47. The quantitative estimate of drug-likeness (QED) is 0.535. The SMILES string of the molecule is Cc1ccc(S(=O)(=O)O)c(CP(=O)(c2ccccc2)c2ccccc2)c1. The van der Waals surface area contributed by atoms with E-state index in [-0.39, 0.29) is 11.1 Å². The molecular weight excluding hydrogens is 367 g/mol. The van der Waals surface area contributed by atoms with Gasteiger partial charge in [0.1, 0.15) is 7.14 Å². The van der Waals surface area contributed by atoms with E-state index in [9.17, 15) is 17.5 Å². The Morgan fingerprint density at radius 1 is 0.846 bits per heavy atom. The first kappa shape index (κ1) is 18.6. The van der Waals surface area contributed by atoms with Gasteiger partial charge in [0.15, 0.2) is 0 Å². The van der Waals surface area contributed by atoms with Gasteiger partial charge in [0.05, 0.1) is 4.90 Å². The van der Waals surface area contributed by atoms with Crippen LogP contribution in [-0.2, 0) is 20.8 Å². The molecule has 0 radical (unpaired) electrons. The number of benzene rings is 3. The first-order valence-corrected chi connectivity index (χ1v) is 11.4. The molecule has 0 saturated carbocycles. The standard InChI is InChI=1S/C20H19O4PS/c1-16-12-13-20(26(22,23)24)17(14-16)15-25(21,18-8-4-2-5-9-18)19-10-6-3-7-11-19/h2-14H,15H2,1H3,(H,22,23,24). The van der Waals surface area contributed by atoms with Crippen LogP contribution in [0.4, 0.5) is 0 Å². The number of hydrogen-bond donors (Lipinski definition) is 1. The summed E-state index contributed by atoms with van der Waals surface area (Å²) in [6.07, 6.45) is 0.0117. The Balaban J connectivity index is 2.21. The van der Waals surface area contributed by atoms with Crippen LogP contribution < -0.4 is 10.6 Å². The van der Waals surface area contributed by atoms with E-state index >= 15 is 0 Å². The molecule has 0 heterocycles. The zero-order chi connectivity index (χ0) is 18.8. The lowest BCUT2D eigenvalue weighted by atomic mass is 10.2. The van der Waals surface area contributed by atoms with Crippen molar-refractivity contribution in [2.45, 2.75) is 18.0 Å². The van der Waals surface area contributed by atoms with Gasteiger partial charge in [-0.05, 0) is 18.6 Å². The van der Waals surface area contributed by atoms with Crippen LogP contribution in [0.15, 0.2) is 83.8 Å². The van der Waals surface area contributed by atoms with Gasteiger partial charge in [0.25, 0.3) is 10.1 Å². The summed E-state index contributed by atoms with van der Waals surface area (Å²) in [7, 11) is -7.55. The predicted octanol–water partition coefficient (Wildman–Crippen LogP) is 3.76. The Hall–Kier alpha value is -2.20. The van der Waals surface area contributed by atoms with E-state index in [1.54, 1.807) is 36.4 Å². The largest absolute Gasteiger partial charge is 0.313 e. The molecule has 3 rings (SSSR count). The van der Waals surface area contributed by atoms with Gasteiger partial charge in [0, 0.05) is 16.8 Å². The van der Waals surface area contributed by atoms with Crippen LogP contribution in [0, 0.1) is 6.92 Å². The molecule has 0 bridgehead atoms. The third-order valence-electron chi connectivity index (χ3n) is 4.23. The van der Waals surface area contributed by atoms with Gasteiger partial charge in [-0.2, -0.15) is 8.42 Å². The minimum atomic E-state index is -4.41. The van der Waals surface area contributed by atoms with Gasteiger partial charge in [-0.25, -0.2) is 0 Å². The highest BCUT2D eigenvalue weighted by atomic mass is 32.2. The Morgan fingerprint density at radius 3 is 1.81 bits per heavy atom. The number of aryl methyl sites for hydroxylation is 1. The van der Waals surface area contributed by atoms with Crippen molar-refractivity contribution < 1.29 is 17.5 Å². The highest BCUT2D eigenvalue weighted by molar-refractivity contribution is 7.86. The smallest absolute Gasteiger partial charge is 0.294 e. The van der Waals surface area contributed by atoms with E-state index in [1.165, 1.54) is 6.07 Å². The third-order valence-corrected chi connectivity index (χ3v) is 8.24. The topological polar surface area (TPSA) is 71.4 Å². The van der Waals surface area contributed by atoms with Crippen LogP contribution in [0.25, 0.3) is 0 Å². The number of rotatable bonds is 5. The lowest BCUT2D eigenvalue weighted by Gasteiger charge is -2.21. The van der Waals surface area contributed by atoms with Gasteiger partial charge in [-0.1, -0.05) is 78.4 Å². The van der Waals surface area contributed by atoms with Crippen molar-refractivity contribution >= 4 is 27.9 Å². The van der Waals surface area contributed by atoms with Crippen LogP contribution in [0.2, 0.25) is 0 Å². The van der Waals surface area contributed by atoms with E-state index in [0.29, 0.717) is 16.2 Å². The Kier molecular flexibility index (Phi) is 5.15.